The zero-order valence-electron chi connectivity index (χ0n) is 7.55. The number of benzene rings is 1. The fourth-order valence-electron chi connectivity index (χ4n) is 1.01. The number of rotatable bonds is 3. The highest BCUT2D eigenvalue weighted by Crippen LogP contribution is 2.29. The van der Waals surface area contributed by atoms with Crippen molar-refractivity contribution in [3.63, 3.8) is 0 Å². The number of hydrogen-bond acceptors (Lipinski definition) is 3. The lowest BCUT2D eigenvalue weighted by Crippen LogP contribution is -1.90. The van der Waals surface area contributed by atoms with Gasteiger partial charge in [0, 0.05) is 22.5 Å². The van der Waals surface area contributed by atoms with Gasteiger partial charge in [0.05, 0.1) is 0 Å². The molecule has 1 rings (SSSR count). The molecule has 0 bridgehead atoms. The molecule has 3 heteroatoms. The third kappa shape index (κ3) is 2.11. The van der Waals surface area contributed by atoms with Crippen LogP contribution in [0.2, 0.25) is 0 Å². The zero-order valence-corrected chi connectivity index (χ0v) is 9.18. The van der Waals surface area contributed by atoms with Gasteiger partial charge in [0.25, 0.3) is 0 Å². The van der Waals surface area contributed by atoms with Gasteiger partial charge in [0.1, 0.15) is 0 Å². The molecule has 0 spiro atoms. The lowest BCUT2D eigenvalue weighted by molar-refractivity contribution is 1.31. The predicted octanol–water partition coefficient (Wildman–Crippen LogP) is 3.17. The fourth-order valence-corrected chi connectivity index (χ4v) is 2.15. The molecule has 1 nitrogen and oxygen atoms in total. The second-order valence-electron chi connectivity index (χ2n) is 2.32. The van der Waals surface area contributed by atoms with E-state index in [4.69, 9.17) is 0 Å². The van der Waals surface area contributed by atoms with Gasteiger partial charge in [0.2, 0.25) is 0 Å². The van der Waals surface area contributed by atoms with Crippen molar-refractivity contribution in [2.24, 2.45) is 0 Å². The van der Waals surface area contributed by atoms with Crippen LogP contribution in [0.3, 0.4) is 0 Å². The molecule has 0 saturated heterocycles. The highest BCUT2D eigenvalue weighted by atomic mass is 32.2. The Morgan fingerprint density at radius 3 is 2.42 bits per heavy atom. The maximum atomic E-state index is 3.17. The monoisotopic (exact) mass is 199 g/mol. The van der Waals surface area contributed by atoms with Crippen LogP contribution in [0, 0.1) is 0 Å². The first-order valence-electron chi connectivity index (χ1n) is 3.71. The Balaban J connectivity index is 3.02. The van der Waals surface area contributed by atoms with Crippen LogP contribution in [0.25, 0.3) is 0 Å². The molecule has 1 aromatic carbocycles. The van der Waals surface area contributed by atoms with E-state index in [1.54, 1.807) is 23.5 Å². The van der Waals surface area contributed by atoms with E-state index in [-0.39, 0.29) is 0 Å². The van der Waals surface area contributed by atoms with E-state index >= 15 is 0 Å². The Morgan fingerprint density at radius 2 is 1.92 bits per heavy atom. The summed E-state index contributed by atoms with van der Waals surface area (Å²) in [6.45, 7) is 0. The Kier molecular flexibility index (Phi) is 3.82. The van der Waals surface area contributed by atoms with Crippen LogP contribution in [0.5, 0.6) is 0 Å². The first-order valence-corrected chi connectivity index (χ1v) is 6.16. The first-order chi connectivity index (χ1) is 5.81. The van der Waals surface area contributed by atoms with Crippen LogP contribution in [-0.2, 0) is 0 Å². The molecule has 0 atom stereocenters. The minimum absolute atomic E-state index is 1.21. The van der Waals surface area contributed by atoms with Crippen LogP contribution in [0.4, 0.5) is 5.69 Å². The molecule has 0 aliphatic carbocycles. The van der Waals surface area contributed by atoms with Gasteiger partial charge >= 0.3 is 0 Å². The smallest absolute Gasteiger partial charge is 0.0476 e. The summed E-state index contributed by atoms with van der Waals surface area (Å²) in [5.41, 5.74) is 1.21. The number of thioether (sulfide) groups is 2. The Hall–Kier alpha value is -0.280. The van der Waals surface area contributed by atoms with E-state index in [1.807, 2.05) is 7.05 Å². The highest BCUT2D eigenvalue weighted by Gasteiger charge is 1.99. The molecule has 0 saturated carbocycles. The SMILES string of the molecule is CNc1ccc(SC)cc1SC. The Labute approximate surface area is 82.3 Å². The van der Waals surface area contributed by atoms with Gasteiger partial charge in [-0.1, -0.05) is 0 Å². The summed E-state index contributed by atoms with van der Waals surface area (Å²) in [5.74, 6) is 0. The zero-order chi connectivity index (χ0) is 8.97. The van der Waals surface area contributed by atoms with Crippen molar-refractivity contribution in [3.8, 4) is 0 Å². The van der Waals surface area contributed by atoms with Crippen LogP contribution >= 0.6 is 23.5 Å². The molecule has 0 aromatic heterocycles. The summed E-state index contributed by atoms with van der Waals surface area (Å²) in [6, 6.07) is 6.47. The standard InChI is InChI=1S/C9H13NS2/c1-10-8-5-4-7(11-2)6-9(8)12-3/h4-6,10H,1-3H3. The van der Waals surface area contributed by atoms with Crippen molar-refractivity contribution in [3.05, 3.63) is 18.2 Å². The van der Waals surface area contributed by atoms with Crippen LogP contribution in [0.1, 0.15) is 0 Å². The van der Waals surface area contributed by atoms with Gasteiger partial charge in [-0.2, -0.15) is 0 Å². The summed E-state index contributed by atoms with van der Waals surface area (Å²) in [5, 5.41) is 3.17. The minimum atomic E-state index is 1.21. The van der Waals surface area contributed by atoms with Gasteiger partial charge < -0.3 is 5.32 Å². The van der Waals surface area contributed by atoms with Crippen molar-refractivity contribution in [2.45, 2.75) is 9.79 Å². The van der Waals surface area contributed by atoms with Gasteiger partial charge in [-0.3, -0.25) is 0 Å². The largest absolute Gasteiger partial charge is 0.387 e. The van der Waals surface area contributed by atoms with Gasteiger partial charge in [-0.05, 0) is 30.7 Å². The molecule has 0 aliphatic heterocycles. The maximum absolute atomic E-state index is 3.17. The van der Waals surface area contributed by atoms with Gasteiger partial charge in [-0.15, -0.1) is 23.5 Å². The summed E-state index contributed by atoms with van der Waals surface area (Å²) in [7, 11) is 1.95. The number of nitrogens with one attached hydrogen (secondary N) is 1. The van der Waals surface area contributed by atoms with Crippen molar-refractivity contribution < 1.29 is 0 Å². The molecule has 0 fully saturated rings. The molecular weight excluding hydrogens is 186 g/mol. The predicted molar refractivity (Wildman–Crippen MR) is 59.6 cm³/mol. The van der Waals surface area contributed by atoms with Gasteiger partial charge in [-0.25, -0.2) is 0 Å². The third-order valence-electron chi connectivity index (χ3n) is 1.68. The van der Waals surface area contributed by atoms with Crippen molar-refractivity contribution in [2.75, 3.05) is 24.9 Å². The van der Waals surface area contributed by atoms with E-state index in [0.29, 0.717) is 0 Å². The molecule has 12 heavy (non-hydrogen) atoms. The molecule has 0 radical (unpaired) electrons. The number of anilines is 1. The molecule has 1 aromatic rings. The summed E-state index contributed by atoms with van der Waals surface area (Å²) < 4.78 is 0. The molecule has 66 valence electrons. The Bertz CT molecular complexity index is 261. The average Bonchev–Trinajstić information content (AvgIpc) is 2.16. The topological polar surface area (TPSA) is 12.0 Å². The molecular formula is C9H13NS2. The highest BCUT2D eigenvalue weighted by molar-refractivity contribution is 7.99. The first kappa shape index (κ1) is 9.81. The average molecular weight is 199 g/mol. The van der Waals surface area contributed by atoms with Crippen molar-refractivity contribution in [1.29, 1.82) is 0 Å². The van der Waals surface area contributed by atoms with E-state index in [1.165, 1.54) is 15.5 Å². The lowest BCUT2D eigenvalue weighted by atomic mass is 10.3. The molecule has 0 amide bonds. The van der Waals surface area contributed by atoms with Crippen LogP contribution in [0.15, 0.2) is 28.0 Å². The van der Waals surface area contributed by atoms with E-state index < -0.39 is 0 Å². The summed E-state index contributed by atoms with van der Waals surface area (Å²) in [4.78, 5) is 2.63. The van der Waals surface area contributed by atoms with E-state index in [0.717, 1.165) is 0 Å². The molecule has 0 unspecified atom stereocenters. The molecule has 0 heterocycles. The van der Waals surface area contributed by atoms with E-state index in [2.05, 4.69) is 36.0 Å². The minimum Gasteiger partial charge on any atom is -0.387 e. The third-order valence-corrected chi connectivity index (χ3v) is 3.18. The van der Waals surface area contributed by atoms with Gasteiger partial charge in [0.15, 0.2) is 0 Å². The van der Waals surface area contributed by atoms with Crippen LogP contribution in [-0.4, -0.2) is 19.6 Å². The molecule has 0 aliphatic rings. The second kappa shape index (κ2) is 4.67. The fraction of sp³-hybridized carbons (Fsp3) is 0.333. The lowest BCUT2D eigenvalue weighted by Gasteiger charge is -2.07. The second-order valence-corrected chi connectivity index (χ2v) is 4.04. The number of hydrogen-bond donors (Lipinski definition) is 1. The quantitative estimate of drug-likeness (QED) is 0.751. The van der Waals surface area contributed by atoms with E-state index in [9.17, 15) is 0 Å². The molecule has 1 N–H and O–H groups in total. The van der Waals surface area contributed by atoms with Crippen molar-refractivity contribution in [1.82, 2.24) is 0 Å². The normalized spacial score (nSPS) is 9.92. The van der Waals surface area contributed by atoms with Crippen molar-refractivity contribution >= 4 is 29.2 Å². The van der Waals surface area contributed by atoms with Crippen LogP contribution < -0.4 is 5.32 Å². The summed E-state index contributed by atoms with van der Waals surface area (Å²) in [6.07, 6.45) is 4.19. The maximum Gasteiger partial charge on any atom is 0.0476 e. The summed E-state index contributed by atoms with van der Waals surface area (Å²) >= 11 is 3.55. The Morgan fingerprint density at radius 1 is 1.17 bits per heavy atom.